The maximum atomic E-state index is 9.81. The van der Waals surface area contributed by atoms with Gasteiger partial charge in [-0.3, -0.25) is 0 Å². The van der Waals surface area contributed by atoms with Gasteiger partial charge >= 0.3 is 0 Å². The van der Waals surface area contributed by atoms with Crippen LogP contribution in [0, 0.1) is 5.92 Å². The van der Waals surface area contributed by atoms with Crippen LogP contribution in [0.1, 0.15) is 26.7 Å². The van der Waals surface area contributed by atoms with E-state index >= 15 is 0 Å². The molecule has 0 aromatic rings. The number of hydrogen-bond acceptors (Lipinski definition) is 7. The van der Waals surface area contributed by atoms with Crippen molar-refractivity contribution in [3.8, 4) is 0 Å². The standard InChI is InChI=1S/C14H26O7/c1-7-3-8(2)19-11(6-16)14(7)21-12-4-9(17)13(18)10(5-15)20-12/h7-18H,3-6H2,1-2H3/t7-,8?,9?,10-,11-,12?,13+,14+/m1/s1. The Morgan fingerprint density at radius 3 is 2.29 bits per heavy atom. The molecule has 2 aliphatic heterocycles. The fraction of sp³-hybridized carbons (Fsp3) is 1.00. The Morgan fingerprint density at radius 2 is 1.67 bits per heavy atom. The van der Waals surface area contributed by atoms with E-state index in [1.54, 1.807) is 0 Å². The van der Waals surface area contributed by atoms with Crippen LogP contribution in [0.2, 0.25) is 0 Å². The minimum absolute atomic E-state index is 0.0573. The summed E-state index contributed by atoms with van der Waals surface area (Å²) in [6.07, 6.45) is -3.54. The van der Waals surface area contributed by atoms with Crippen LogP contribution < -0.4 is 0 Å². The number of rotatable bonds is 4. The molecule has 4 N–H and O–H groups in total. The normalized spacial score (nSPS) is 48.3. The van der Waals surface area contributed by atoms with E-state index in [9.17, 15) is 20.4 Å². The highest BCUT2D eigenvalue weighted by Crippen LogP contribution is 2.31. The predicted molar refractivity (Wildman–Crippen MR) is 72.5 cm³/mol. The summed E-state index contributed by atoms with van der Waals surface area (Å²) in [7, 11) is 0. The average Bonchev–Trinajstić information content (AvgIpc) is 2.45. The highest BCUT2D eigenvalue weighted by molar-refractivity contribution is 4.86. The number of ether oxygens (including phenoxy) is 3. The first-order chi connectivity index (χ1) is 9.96. The van der Waals surface area contributed by atoms with E-state index in [-0.39, 0.29) is 31.2 Å². The van der Waals surface area contributed by atoms with Gasteiger partial charge in [-0.05, 0) is 19.3 Å². The van der Waals surface area contributed by atoms with Crippen LogP contribution in [-0.2, 0) is 14.2 Å². The van der Waals surface area contributed by atoms with E-state index in [0.29, 0.717) is 0 Å². The van der Waals surface area contributed by atoms with Gasteiger partial charge in [0, 0.05) is 6.42 Å². The quantitative estimate of drug-likeness (QED) is 0.528. The number of aliphatic hydroxyl groups is 4. The van der Waals surface area contributed by atoms with Gasteiger partial charge in [0.2, 0.25) is 0 Å². The molecule has 0 bridgehead atoms. The van der Waals surface area contributed by atoms with Gasteiger partial charge < -0.3 is 34.6 Å². The lowest BCUT2D eigenvalue weighted by Gasteiger charge is -2.43. The third-order valence-corrected chi connectivity index (χ3v) is 4.24. The van der Waals surface area contributed by atoms with Crippen molar-refractivity contribution in [3.05, 3.63) is 0 Å². The summed E-state index contributed by atoms with van der Waals surface area (Å²) in [6.45, 7) is 3.42. The highest BCUT2D eigenvalue weighted by atomic mass is 16.7. The second-order valence-electron chi connectivity index (χ2n) is 6.06. The molecule has 3 unspecified atom stereocenters. The summed E-state index contributed by atoms with van der Waals surface area (Å²) >= 11 is 0. The zero-order valence-electron chi connectivity index (χ0n) is 12.5. The lowest BCUT2D eigenvalue weighted by Crippen LogP contribution is -2.54. The molecule has 7 nitrogen and oxygen atoms in total. The van der Waals surface area contributed by atoms with Gasteiger partial charge in [0.05, 0.1) is 31.5 Å². The monoisotopic (exact) mass is 306 g/mol. The van der Waals surface area contributed by atoms with Crippen LogP contribution in [0.25, 0.3) is 0 Å². The molecule has 2 saturated heterocycles. The molecule has 0 aromatic carbocycles. The van der Waals surface area contributed by atoms with Crippen LogP contribution in [0.4, 0.5) is 0 Å². The van der Waals surface area contributed by atoms with Crippen molar-refractivity contribution in [2.24, 2.45) is 5.92 Å². The van der Waals surface area contributed by atoms with Crippen LogP contribution in [0.15, 0.2) is 0 Å². The molecule has 2 aliphatic rings. The van der Waals surface area contributed by atoms with Crippen molar-refractivity contribution in [2.45, 2.75) is 69.6 Å². The van der Waals surface area contributed by atoms with Crippen molar-refractivity contribution in [1.29, 1.82) is 0 Å². The summed E-state index contributed by atoms with van der Waals surface area (Å²) < 4.78 is 17.0. The molecular weight excluding hydrogens is 280 g/mol. The molecule has 2 fully saturated rings. The largest absolute Gasteiger partial charge is 0.394 e. The topological polar surface area (TPSA) is 109 Å². The van der Waals surface area contributed by atoms with Crippen molar-refractivity contribution < 1.29 is 34.6 Å². The summed E-state index contributed by atoms with van der Waals surface area (Å²) in [6, 6.07) is 0. The van der Waals surface area contributed by atoms with Gasteiger partial charge in [0.15, 0.2) is 6.29 Å². The Kier molecular flexibility index (Phi) is 5.96. The summed E-state index contributed by atoms with van der Waals surface area (Å²) in [5.41, 5.74) is 0. The molecule has 0 radical (unpaired) electrons. The van der Waals surface area contributed by atoms with Gasteiger partial charge in [-0.1, -0.05) is 6.92 Å². The van der Waals surface area contributed by atoms with Gasteiger partial charge in [0.25, 0.3) is 0 Å². The molecule has 0 saturated carbocycles. The predicted octanol–water partition coefficient (Wildman–Crippen LogP) is -0.993. The summed E-state index contributed by atoms with van der Waals surface area (Å²) in [4.78, 5) is 0. The maximum absolute atomic E-state index is 9.81. The van der Waals surface area contributed by atoms with E-state index in [4.69, 9.17) is 14.2 Å². The van der Waals surface area contributed by atoms with Crippen LogP contribution in [0.3, 0.4) is 0 Å². The SMILES string of the molecule is CC1C[C@@H](C)[C@H](OC2CC(O)[C@H](O)[C@@H](CO)O2)[C@@H](CO)O1. The molecule has 0 amide bonds. The van der Waals surface area contributed by atoms with Gasteiger partial charge in [0.1, 0.15) is 18.3 Å². The van der Waals surface area contributed by atoms with E-state index in [1.165, 1.54) is 0 Å². The van der Waals surface area contributed by atoms with Crippen molar-refractivity contribution in [3.63, 3.8) is 0 Å². The first-order valence-corrected chi connectivity index (χ1v) is 7.50. The lowest BCUT2D eigenvalue weighted by molar-refractivity contribution is -0.295. The lowest BCUT2D eigenvalue weighted by atomic mass is 9.90. The molecule has 124 valence electrons. The fourth-order valence-corrected chi connectivity index (χ4v) is 3.15. The molecule has 0 spiro atoms. The third kappa shape index (κ3) is 3.92. The van der Waals surface area contributed by atoms with E-state index in [1.807, 2.05) is 13.8 Å². The first kappa shape index (κ1) is 17.1. The first-order valence-electron chi connectivity index (χ1n) is 7.50. The van der Waals surface area contributed by atoms with E-state index in [2.05, 4.69) is 0 Å². The second-order valence-corrected chi connectivity index (χ2v) is 6.06. The fourth-order valence-electron chi connectivity index (χ4n) is 3.15. The molecule has 0 aliphatic carbocycles. The van der Waals surface area contributed by atoms with Crippen molar-refractivity contribution >= 4 is 0 Å². The molecule has 8 atom stereocenters. The summed E-state index contributed by atoms with van der Waals surface area (Å²) in [5.74, 6) is 0.172. The van der Waals surface area contributed by atoms with Gasteiger partial charge in [-0.25, -0.2) is 0 Å². The third-order valence-electron chi connectivity index (χ3n) is 4.24. The summed E-state index contributed by atoms with van der Waals surface area (Å²) in [5, 5.41) is 38.1. The molecule has 0 aromatic heterocycles. The van der Waals surface area contributed by atoms with Crippen molar-refractivity contribution in [2.75, 3.05) is 13.2 Å². The number of hydrogen-bond donors (Lipinski definition) is 4. The Balaban J connectivity index is 1.99. The van der Waals surface area contributed by atoms with Crippen LogP contribution in [-0.4, -0.2) is 76.6 Å². The van der Waals surface area contributed by atoms with E-state index < -0.39 is 37.3 Å². The average molecular weight is 306 g/mol. The molecule has 2 rings (SSSR count). The molecule has 7 heteroatoms. The molecule has 2 heterocycles. The Labute approximate surface area is 124 Å². The minimum Gasteiger partial charge on any atom is -0.394 e. The zero-order chi connectivity index (χ0) is 15.6. The minimum atomic E-state index is -1.12. The van der Waals surface area contributed by atoms with Gasteiger partial charge in [-0.2, -0.15) is 0 Å². The molecule has 21 heavy (non-hydrogen) atoms. The van der Waals surface area contributed by atoms with E-state index in [0.717, 1.165) is 6.42 Å². The van der Waals surface area contributed by atoms with Crippen LogP contribution in [0.5, 0.6) is 0 Å². The number of aliphatic hydroxyl groups excluding tert-OH is 4. The zero-order valence-corrected chi connectivity index (χ0v) is 12.5. The highest BCUT2D eigenvalue weighted by Gasteiger charge is 2.41. The van der Waals surface area contributed by atoms with Crippen LogP contribution >= 0.6 is 0 Å². The second kappa shape index (κ2) is 7.32. The molecular formula is C14H26O7. The van der Waals surface area contributed by atoms with Gasteiger partial charge in [-0.15, -0.1) is 0 Å². The smallest absolute Gasteiger partial charge is 0.161 e. The van der Waals surface area contributed by atoms with Crippen molar-refractivity contribution in [1.82, 2.24) is 0 Å². The Bertz CT molecular complexity index is 326. The Morgan fingerprint density at radius 1 is 1.00 bits per heavy atom. The Hall–Kier alpha value is -0.280. The maximum Gasteiger partial charge on any atom is 0.161 e.